The van der Waals surface area contributed by atoms with Crippen molar-refractivity contribution in [2.75, 3.05) is 0 Å². The summed E-state index contributed by atoms with van der Waals surface area (Å²) in [4.78, 5) is 0. The maximum Gasteiger partial charge on any atom is 0.362 e. The van der Waals surface area contributed by atoms with E-state index in [2.05, 4.69) is 22.9 Å². The van der Waals surface area contributed by atoms with E-state index in [1.54, 1.807) is 0 Å². The predicted octanol–water partition coefficient (Wildman–Crippen LogP) is 12.8. The molecule has 0 atom stereocenters. The Hall–Kier alpha value is -0.130. The Bertz CT molecular complexity index is 492. The topological polar surface area (TPSA) is 35.5 Å². The highest BCUT2D eigenvalue weighted by molar-refractivity contribution is 7.33. The lowest BCUT2D eigenvalue weighted by Gasteiger charge is -2.20. The molecule has 8 heteroatoms. The van der Waals surface area contributed by atoms with E-state index in [1.165, 1.54) is 89.9 Å². The van der Waals surface area contributed by atoms with Crippen molar-refractivity contribution in [3.8, 4) is 0 Å². The van der Waals surface area contributed by atoms with Gasteiger partial charge in [0.25, 0.3) is 0 Å². The predicted molar refractivity (Wildman–Crippen MR) is 152 cm³/mol. The van der Waals surface area contributed by atoms with E-state index in [9.17, 15) is 22.1 Å². The number of halogens is 4. The third kappa shape index (κ3) is 27.4. The van der Waals surface area contributed by atoms with Gasteiger partial charge in [0.1, 0.15) is 0 Å². The van der Waals surface area contributed by atoms with Crippen molar-refractivity contribution in [3.05, 3.63) is 0 Å². The van der Waals surface area contributed by atoms with Crippen LogP contribution >= 0.6 is 8.25 Å². The number of hydrogen-bond acceptors (Lipinski definition) is 3. The highest BCUT2D eigenvalue weighted by Gasteiger charge is 2.37. The first-order valence-electron chi connectivity index (χ1n) is 15.9. The molecule has 0 amide bonds. The van der Waals surface area contributed by atoms with Gasteiger partial charge in [-0.1, -0.05) is 155 Å². The van der Waals surface area contributed by atoms with Crippen molar-refractivity contribution in [2.24, 2.45) is 0 Å². The monoisotopic (exact) mass is 574 g/mol. The molecule has 230 valence electrons. The van der Waals surface area contributed by atoms with Crippen LogP contribution in [-0.4, -0.2) is 12.2 Å². The zero-order valence-electron chi connectivity index (χ0n) is 24.6. The summed E-state index contributed by atoms with van der Waals surface area (Å²) in [5.41, 5.74) is 0. The second kappa shape index (κ2) is 25.8. The minimum atomic E-state index is -3.98. The summed E-state index contributed by atoms with van der Waals surface area (Å²) >= 11 is 0. The van der Waals surface area contributed by atoms with Crippen LogP contribution in [0.15, 0.2) is 0 Å². The van der Waals surface area contributed by atoms with E-state index >= 15 is 0 Å². The minimum absolute atomic E-state index is 0.203. The fourth-order valence-electron chi connectivity index (χ4n) is 4.71. The zero-order valence-corrected chi connectivity index (χ0v) is 25.6. The van der Waals surface area contributed by atoms with E-state index in [4.69, 9.17) is 0 Å². The van der Waals surface area contributed by atoms with E-state index in [0.717, 1.165) is 38.5 Å². The molecule has 0 rings (SSSR count). The first-order valence-corrected chi connectivity index (χ1v) is 17.1. The maximum atomic E-state index is 13.9. The number of rotatable bonds is 30. The SMILES string of the molecule is CCCCCCCCCCCCCCC(F)(F)O[PH](=O)OC(F)(F)CCCCCCCCCCCCCC. The molecule has 0 aliphatic heterocycles. The van der Waals surface area contributed by atoms with Crippen molar-refractivity contribution < 1.29 is 31.2 Å². The van der Waals surface area contributed by atoms with Gasteiger partial charge in [-0.15, -0.1) is 0 Å². The molecule has 0 aliphatic rings. The molecule has 0 aromatic heterocycles. The summed E-state index contributed by atoms with van der Waals surface area (Å²) < 4.78 is 75.4. The Labute approximate surface area is 232 Å². The average molecular weight is 575 g/mol. The van der Waals surface area contributed by atoms with Gasteiger partial charge >= 0.3 is 20.5 Å². The van der Waals surface area contributed by atoms with Crippen molar-refractivity contribution in [1.82, 2.24) is 0 Å². The molecule has 0 spiro atoms. The minimum Gasteiger partial charge on any atom is -0.263 e. The van der Waals surface area contributed by atoms with Gasteiger partial charge < -0.3 is 0 Å². The number of alkyl halides is 4. The lowest BCUT2D eigenvalue weighted by atomic mass is 10.0. The lowest BCUT2D eigenvalue weighted by molar-refractivity contribution is -0.215. The molecule has 0 bridgehead atoms. The van der Waals surface area contributed by atoms with Crippen LogP contribution < -0.4 is 0 Å². The molecule has 38 heavy (non-hydrogen) atoms. The Balaban J connectivity index is 3.72. The second-order valence-corrected chi connectivity index (χ2v) is 11.9. The smallest absolute Gasteiger partial charge is 0.263 e. The van der Waals surface area contributed by atoms with Crippen molar-refractivity contribution in [3.63, 3.8) is 0 Å². The van der Waals surface area contributed by atoms with Crippen molar-refractivity contribution >= 4 is 8.25 Å². The normalized spacial score (nSPS) is 12.6. The van der Waals surface area contributed by atoms with Gasteiger partial charge in [0.05, 0.1) is 0 Å². The molecule has 0 N–H and O–H groups in total. The molecule has 0 saturated carbocycles. The maximum absolute atomic E-state index is 13.9. The third-order valence-corrected chi connectivity index (χ3v) is 8.04. The van der Waals surface area contributed by atoms with E-state index in [0.29, 0.717) is 12.8 Å². The molecule has 0 heterocycles. The second-order valence-electron chi connectivity index (χ2n) is 11.0. The van der Waals surface area contributed by atoms with Gasteiger partial charge in [-0.25, -0.2) is 9.05 Å². The quantitative estimate of drug-likeness (QED) is 0.0486. The molecule has 0 saturated heterocycles. The number of hydrogen-bond donors (Lipinski definition) is 0. The van der Waals surface area contributed by atoms with Crippen LogP contribution in [0.2, 0.25) is 0 Å². The van der Waals surface area contributed by atoms with Crippen LogP contribution in [0.1, 0.15) is 181 Å². The Morgan fingerprint density at radius 2 is 0.632 bits per heavy atom. The Kier molecular flexibility index (Phi) is 25.7. The van der Waals surface area contributed by atoms with Gasteiger partial charge in [-0.3, -0.25) is 4.57 Å². The Morgan fingerprint density at radius 3 is 0.868 bits per heavy atom. The van der Waals surface area contributed by atoms with Gasteiger partial charge in [0.15, 0.2) is 0 Å². The summed E-state index contributed by atoms with van der Waals surface area (Å²) in [5, 5.41) is 0. The summed E-state index contributed by atoms with van der Waals surface area (Å²) in [6, 6.07) is 0. The van der Waals surface area contributed by atoms with Gasteiger partial charge in [-0.05, 0) is 12.8 Å². The van der Waals surface area contributed by atoms with Crippen LogP contribution in [-0.2, 0) is 13.6 Å². The molecule has 0 unspecified atom stereocenters. The Morgan fingerprint density at radius 1 is 0.421 bits per heavy atom. The van der Waals surface area contributed by atoms with Crippen LogP contribution in [0.25, 0.3) is 0 Å². The van der Waals surface area contributed by atoms with Crippen molar-refractivity contribution in [2.45, 2.75) is 193 Å². The zero-order chi connectivity index (χ0) is 28.4. The van der Waals surface area contributed by atoms with Crippen LogP contribution in [0, 0.1) is 0 Å². The summed E-state index contributed by atoms with van der Waals surface area (Å²) in [6.45, 7) is 4.41. The first kappa shape index (κ1) is 37.9. The van der Waals surface area contributed by atoms with Crippen LogP contribution in [0.3, 0.4) is 0 Å². The molecule has 0 fully saturated rings. The molecule has 0 aromatic rings. The molecule has 0 aliphatic carbocycles. The highest BCUT2D eigenvalue weighted by atomic mass is 31.1. The van der Waals surface area contributed by atoms with Crippen LogP contribution in [0.5, 0.6) is 0 Å². The van der Waals surface area contributed by atoms with Gasteiger partial charge in [0, 0.05) is 12.8 Å². The van der Waals surface area contributed by atoms with Gasteiger partial charge in [0.2, 0.25) is 0 Å². The molecule has 3 nitrogen and oxygen atoms in total. The summed E-state index contributed by atoms with van der Waals surface area (Å²) in [5.74, 6) is 0. The average Bonchev–Trinajstić information content (AvgIpc) is 2.84. The standard InChI is InChI=1S/C30H59F4O3P/c1-3-5-7-9-11-13-15-17-19-21-23-25-27-29(31,32)36-38(35)37-30(33,34)28-26-24-22-20-18-16-14-12-10-8-6-4-2/h38H,3-28H2,1-2H3. The lowest BCUT2D eigenvalue weighted by Crippen LogP contribution is -2.21. The largest absolute Gasteiger partial charge is 0.362 e. The summed E-state index contributed by atoms with van der Waals surface area (Å²) in [6.07, 6.45) is 16.6. The van der Waals surface area contributed by atoms with Crippen LogP contribution in [0.4, 0.5) is 17.6 Å². The van der Waals surface area contributed by atoms with Gasteiger partial charge in [-0.2, -0.15) is 17.6 Å². The fraction of sp³-hybridized carbons (Fsp3) is 1.00. The summed E-state index contributed by atoms with van der Waals surface area (Å²) in [7, 11) is -3.98. The molecule has 0 radical (unpaired) electrons. The van der Waals surface area contributed by atoms with E-state index in [-0.39, 0.29) is 12.8 Å². The molecular weight excluding hydrogens is 515 g/mol. The number of unbranched alkanes of at least 4 members (excludes halogenated alkanes) is 22. The van der Waals surface area contributed by atoms with E-state index < -0.39 is 33.3 Å². The highest BCUT2D eigenvalue weighted by Crippen LogP contribution is 2.42. The fourth-order valence-corrected chi connectivity index (χ4v) is 5.44. The first-order chi connectivity index (χ1) is 18.2. The van der Waals surface area contributed by atoms with Crippen molar-refractivity contribution in [1.29, 1.82) is 0 Å². The molecular formula is C30H59F4O3P. The molecule has 0 aromatic carbocycles. The van der Waals surface area contributed by atoms with E-state index in [1.807, 2.05) is 0 Å². The third-order valence-electron chi connectivity index (χ3n) is 7.11.